The molecule has 5 atom stereocenters. The largest absolute Gasteiger partial charge is 0.392 e. The zero-order valence-electron chi connectivity index (χ0n) is 14.6. The Morgan fingerprint density at radius 2 is 1.69 bits per heavy atom. The third-order valence-corrected chi connectivity index (χ3v) is 7.68. The Kier molecular flexibility index (Phi) is 6.07. The number of rotatable bonds is 3. The Morgan fingerprint density at radius 3 is 2.31 bits per heavy atom. The molecule has 5 nitrogen and oxygen atoms in total. The van der Waals surface area contributed by atoms with Crippen LogP contribution >= 0.6 is 11.6 Å². The average Bonchev–Trinajstić information content (AvgIpc) is 2.59. The molecule has 0 radical (unpaired) electrons. The fourth-order valence-corrected chi connectivity index (χ4v) is 5.99. The second kappa shape index (κ2) is 7.97. The lowest BCUT2D eigenvalue weighted by Gasteiger charge is -2.39. The van der Waals surface area contributed by atoms with Crippen LogP contribution < -0.4 is 0 Å². The lowest BCUT2D eigenvalue weighted by Crippen LogP contribution is -2.38. The summed E-state index contributed by atoms with van der Waals surface area (Å²) >= 11 is 6.15. The Hall–Kier alpha value is -0.950. The quantitative estimate of drug-likeness (QED) is 0.560. The monoisotopic (exact) mass is 400 g/mol. The number of allylic oxidation sites excluding steroid dienone is 6. The number of ketones is 1. The van der Waals surface area contributed by atoms with E-state index in [-0.39, 0.29) is 23.0 Å². The summed E-state index contributed by atoms with van der Waals surface area (Å²) in [5.74, 6) is -0.419. The maximum Gasteiger partial charge on any atom is 0.268 e. The summed E-state index contributed by atoms with van der Waals surface area (Å²) < 4.78 is 33.8. The fraction of sp³-hybridized carbons (Fsp3) is 0.632. The standard InChI is InChI=1S/C19H25ClO5S/c20-16-10-7-13(11-17(16)22)19(12-5-8-14(21)9-6-12)15-3-1-2-4-18(15)26(23,24)25/h5-6,8-9,13,15-18,22H,1-4,7,10-11H2,(H,23,24,25). The van der Waals surface area contributed by atoms with E-state index in [1.54, 1.807) is 12.2 Å². The molecule has 2 N–H and O–H groups in total. The van der Waals surface area contributed by atoms with Crippen LogP contribution in [0.3, 0.4) is 0 Å². The van der Waals surface area contributed by atoms with Gasteiger partial charge >= 0.3 is 0 Å². The Morgan fingerprint density at radius 1 is 1.04 bits per heavy atom. The van der Waals surface area contributed by atoms with Gasteiger partial charge in [0.15, 0.2) is 5.78 Å². The van der Waals surface area contributed by atoms with Gasteiger partial charge in [0.2, 0.25) is 0 Å². The van der Waals surface area contributed by atoms with Crippen molar-refractivity contribution in [1.29, 1.82) is 0 Å². The normalized spacial score (nSPS) is 35.6. The van der Waals surface area contributed by atoms with Crippen molar-refractivity contribution < 1.29 is 22.9 Å². The van der Waals surface area contributed by atoms with Gasteiger partial charge in [-0.3, -0.25) is 9.35 Å². The van der Waals surface area contributed by atoms with E-state index >= 15 is 0 Å². The topological polar surface area (TPSA) is 91.7 Å². The fourth-order valence-electron chi connectivity index (χ4n) is 4.60. The first-order chi connectivity index (χ1) is 12.3. The number of aliphatic hydroxyl groups is 1. The second-order valence-corrected chi connectivity index (χ2v) is 9.71. The molecule has 3 aliphatic carbocycles. The van der Waals surface area contributed by atoms with Gasteiger partial charge < -0.3 is 5.11 Å². The van der Waals surface area contributed by atoms with E-state index in [2.05, 4.69) is 0 Å². The highest BCUT2D eigenvalue weighted by molar-refractivity contribution is 7.86. The third-order valence-electron chi connectivity index (χ3n) is 5.85. The van der Waals surface area contributed by atoms with Crippen molar-refractivity contribution >= 4 is 27.5 Å². The number of aliphatic hydroxyl groups excluding tert-OH is 1. The van der Waals surface area contributed by atoms with Crippen LogP contribution in [0.5, 0.6) is 0 Å². The van der Waals surface area contributed by atoms with Crippen LogP contribution in [-0.2, 0) is 14.9 Å². The van der Waals surface area contributed by atoms with Crippen molar-refractivity contribution in [1.82, 2.24) is 0 Å². The molecule has 0 aliphatic heterocycles. The van der Waals surface area contributed by atoms with Crippen molar-refractivity contribution in [2.24, 2.45) is 11.8 Å². The predicted octanol–water partition coefficient (Wildman–Crippen LogP) is 3.19. The molecule has 0 amide bonds. The maximum atomic E-state index is 12.0. The molecule has 0 saturated heterocycles. The molecule has 26 heavy (non-hydrogen) atoms. The molecule has 2 fully saturated rings. The smallest absolute Gasteiger partial charge is 0.268 e. The van der Waals surface area contributed by atoms with E-state index in [9.17, 15) is 22.9 Å². The SMILES string of the molecule is O=C1C=CC(=C(C2CCC(Cl)C(O)C2)C2CCCCC2S(=O)(=O)O)C=C1. The zero-order chi connectivity index (χ0) is 18.9. The van der Waals surface area contributed by atoms with Crippen LogP contribution in [0.25, 0.3) is 0 Å². The van der Waals surface area contributed by atoms with Crippen LogP contribution in [0, 0.1) is 11.8 Å². The van der Waals surface area contributed by atoms with Crippen LogP contribution in [0.2, 0.25) is 0 Å². The van der Waals surface area contributed by atoms with E-state index < -0.39 is 21.5 Å². The minimum absolute atomic E-state index is 0.00940. The van der Waals surface area contributed by atoms with Gasteiger partial charge in [0, 0.05) is 5.92 Å². The van der Waals surface area contributed by atoms with E-state index in [4.69, 9.17) is 11.6 Å². The van der Waals surface area contributed by atoms with Crippen LogP contribution in [0.15, 0.2) is 35.5 Å². The van der Waals surface area contributed by atoms with Crippen LogP contribution in [-0.4, -0.2) is 40.6 Å². The minimum atomic E-state index is -4.17. The number of carbonyl (C=O) groups excluding carboxylic acids is 1. The maximum absolute atomic E-state index is 12.0. The van der Waals surface area contributed by atoms with Crippen molar-refractivity contribution in [3.05, 3.63) is 35.5 Å². The van der Waals surface area contributed by atoms with E-state index in [0.29, 0.717) is 25.7 Å². The van der Waals surface area contributed by atoms with Gasteiger partial charge in [0.1, 0.15) is 0 Å². The molecular weight excluding hydrogens is 376 g/mol. The molecule has 0 bridgehead atoms. The van der Waals surface area contributed by atoms with E-state index in [1.807, 2.05) is 0 Å². The molecule has 0 aromatic carbocycles. The lowest BCUT2D eigenvalue weighted by atomic mass is 9.70. The number of alkyl halides is 1. The van der Waals surface area contributed by atoms with Gasteiger partial charge in [-0.15, -0.1) is 11.6 Å². The van der Waals surface area contributed by atoms with Crippen LogP contribution in [0.4, 0.5) is 0 Å². The van der Waals surface area contributed by atoms with Gasteiger partial charge in [-0.2, -0.15) is 8.42 Å². The summed E-state index contributed by atoms with van der Waals surface area (Å²) in [5.41, 5.74) is 1.77. The molecule has 0 aromatic heterocycles. The number of carbonyl (C=O) groups is 1. The molecule has 3 aliphatic rings. The second-order valence-electron chi connectivity index (χ2n) is 7.52. The third kappa shape index (κ3) is 4.30. The highest BCUT2D eigenvalue weighted by Crippen LogP contribution is 2.44. The van der Waals surface area contributed by atoms with Gasteiger partial charge in [-0.05, 0) is 55.7 Å². The van der Waals surface area contributed by atoms with Crippen molar-refractivity contribution in [2.75, 3.05) is 0 Å². The number of halogens is 1. The summed E-state index contributed by atoms with van der Waals surface area (Å²) in [6, 6.07) is 0. The van der Waals surface area contributed by atoms with Gasteiger partial charge in [-0.1, -0.05) is 30.6 Å². The summed E-state index contributed by atoms with van der Waals surface area (Å²) in [6.07, 6.45) is 10.4. The van der Waals surface area contributed by atoms with E-state index in [0.717, 1.165) is 30.4 Å². The summed E-state index contributed by atoms with van der Waals surface area (Å²) in [6.45, 7) is 0. The molecule has 7 heteroatoms. The molecule has 0 heterocycles. The molecule has 144 valence electrons. The predicted molar refractivity (Wildman–Crippen MR) is 101 cm³/mol. The van der Waals surface area contributed by atoms with E-state index in [1.165, 1.54) is 12.2 Å². The van der Waals surface area contributed by atoms with Crippen molar-refractivity contribution in [3.8, 4) is 0 Å². The Bertz CT molecular complexity index is 734. The van der Waals surface area contributed by atoms with Crippen molar-refractivity contribution in [3.63, 3.8) is 0 Å². The zero-order valence-corrected chi connectivity index (χ0v) is 16.1. The summed E-state index contributed by atoms with van der Waals surface area (Å²) in [4.78, 5) is 11.5. The van der Waals surface area contributed by atoms with Gasteiger partial charge in [0.25, 0.3) is 10.1 Å². The first-order valence-corrected chi connectivity index (χ1v) is 11.1. The summed E-state index contributed by atoms with van der Waals surface area (Å²) in [5, 5.41) is 9.13. The number of hydrogen-bond donors (Lipinski definition) is 2. The lowest BCUT2D eigenvalue weighted by molar-refractivity contribution is -0.110. The first kappa shape index (κ1) is 19.8. The molecular formula is C19H25ClO5S. The van der Waals surface area contributed by atoms with Gasteiger partial charge in [-0.25, -0.2) is 0 Å². The number of hydrogen-bond acceptors (Lipinski definition) is 4. The molecule has 5 unspecified atom stereocenters. The minimum Gasteiger partial charge on any atom is -0.392 e. The van der Waals surface area contributed by atoms with Crippen molar-refractivity contribution in [2.45, 2.75) is 61.7 Å². The molecule has 0 spiro atoms. The van der Waals surface area contributed by atoms with Gasteiger partial charge in [0.05, 0.1) is 16.7 Å². The highest BCUT2D eigenvalue weighted by atomic mass is 35.5. The Balaban J connectivity index is 2.03. The molecule has 0 aromatic rings. The Labute approximate surface area is 159 Å². The first-order valence-electron chi connectivity index (χ1n) is 9.20. The average molecular weight is 401 g/mol. The highest BCUT2D eigenvalue weighted by Gasteiger charge is 2.41. The molecule has 2 saturated carbocycles. The summed E-state index contributed by atoms with van der Waals surface area (Å²) in [7, 11) is -4.17. The van der Waals surface area contributed by atoms with Crippen LogP contribution in [0.1, 0.15) is 44.9 Å². The molecule has 3 rings (SSSR count).